The number of carbonyl (C=O) groups excluding carboxylic acids is 1. The maximum Gasteiger partial charge on any atom is 0.203 e. The highest BCUT2D eigenvalue weighted by Crippen LogP contribution is 2.23. The Kier molecular flexibility index (Phi) is 4.74. The number of rotatable bonds is 3. The third-order valence-corrected chi connectivity index (χ3v) is 3.34. The van der Waals surface area contributed by atoms with Gasteiger partial charge < -0.3 is 0 Å². The van der Waals surface area contributed by atoms with E-state index in [9.17, 15) is 9.18 Å². The van der Waals surface area contributed by atoms with Crippen LogP contribution in [-0.4, -0.2) is 5.78 Å². The molecule has 0 bridgehead atoms. The van der Waals surface area contributed by atoms with Gasteiger partial charge in [0, 0.05) is 16.1 Å². The third-order valence-electron chi connectivity index (χ3n) is 2.76. The lowest BCUT2D eigenvalue weighted by atomic mass is 10.0. The van der Waals surface area contributed by atoms with E-state index in [0.29, 0.717) is 10.6 Å². The van der Waals surface area contributed by atoms with Crippen LogP contribution in [0, 0.1) is 17.1 Å². The predicted octanol–water partition coefficient (Wildman–Crippen LogP) is 4.92. The maximum atomic E-state index is 13.7. The van der Waals surface area contributed by atoms with Crippen LogP contribution in [0.1, 0.15) is 15.9 Å². The van der Waals surface area contributed by atoms with Crippen LogP contribution in [0.5, 0.6) is 0 Å². The molecule has 0 unspecified atom stereocenters. The lowest BCUT2D eigenvalue weighted by Crippen LogP contribution is -2.02. The first-order valence-electron chi connectivity index (χ1n) is 5.89. The van der Waals surface area contributed by atoms with E-state index in [1.54, 1.807) is 18.2 Å². The molecule has 21 heavy (non-hydrogen) atoms. The molecular formula is C16H8Cl2FNO. The molecule has 2 rings (SSSR count). The van der Waals surface area contributed by atoms with Crippen LogP contribution in [0.4, 0.5) is 4.39 Å². The number of halogens is 3. The first kappa shape index (κ1) is 15.2. The Morgan fingerprint density at radius 3 is 2.38 bits per heavy atom. The fourth-order valence-electron chi connectivity index (χ4n) is 1.70. The van der Waals surface area contributed by atoms with Crippen molar-refractivity contribution in [2.75, 3.05) is 0 Å². The first-order chi connectivity index (χ1) is 10.0. The standard InChI is InChI=1S/C16H8Cl2FNO/c17-12-6-4-10(5-7-12)16(21)11(9-20)8-13-14(18)2-1-3-15(13)19/h1-8H/b11-8+. The quantitative estimate of drug-likeness (QED) is 0.457. The summed E-state index contributed by atoms with van der Waals surface area (Å²) in [6, 6.07) is 12.0. The van der Waals surface area contributed by atoms with Crippen molar-refractivity contribution in [1.29, 1.82) is 5.26 Å². The highest BCUT2D eigenvalue weighted by molar-refractivity contribution is 6.32. The molecule has 2 aromatic carbocycles. The van der Waals surface area contributed by atoms with E-state index in [-0.39, 0.29) is 16.2 Å². The lowest BCUT2D eigenvalue weighted by Gasteiger charge is -2.03. The number of ketones is 1. The molecule has 0 N–H and O–H groups in total. The molecule has 0 saturated carbocycles. The summed E-state index contributed by atoms with van der Waals surface area (Å²) in [5, 5.41) is 9.73. The zero-order valence-corrected chi connectivity index (χ0v) is 12.1. The number of nitriles is 1. The van der Waals surface area contributed by atoms with Crippen LogP contribution in [0.2, 0.25) is 10.0 Å². The largest absolute Gasteiger partial charge is 0.288 e. The average Bonchev–Trinajstić information content (AvgIpc) is 2.47. The van der Waals surface area contributed by atoms with E-state index in [1.807, 2.05) is 0 Å². The highest BCUT2D eigenvalue weighted by atomic mass is 35.5. The van der Waals surface area contributed by atoms with Crippen LogP contribution >= 0.6 is 23.2 Å². The smallest absolute Gasteiger partial charge is 0.203 e. The molecule has 0 aliphatic heterocycles. The van der Waals surface area contributed by atoms with Crippen molar-refractivity contribution in [2.45, 2.75) is 0 Å². The van der Waals surface area contributed by atoms with Crippen LogP contribution < -0.4 is 0 Å². The molecule has 0 aliphatic carbocycles. The molecule has 5 heteroatoms. The molecule has 0 radical (unpaired) electrons. The fourth-order valence-corrected chi connectivity index (χ4v) is 2.04. The van der Waals surface area contributed by atoms with Gasteiger partial charge in [-0.05, 0) is 42.5 Å². The molecule has 2 aromatic rings. The van der Waals surface area contributed by atoms with Gasteiger partial charge in [-0.1, -0.05) is 29.3 Å². The van der Waals surface area contributed by atoms with Crippen molar-refractivity contribution in [1.82, 2.24) is 0 Å². The Hall–Kier alpha value is -2.15. The highest BCUT2D eigenvalue weighted by Gasteiger charge is 2.14. The molecule has 0 spiro atoms. The Labute approximate surface area is 131 Å². The summed E-state index contributed by atoms with van der Waals surface area (Å²) in [4.78, 5) is 12.2. The molecule has 2 nitrogen and oxygen atoms in total. The number of benzene rings is 2. The molecule has 0 heterocycles. The van der Waals surface area contributed by atoms with Gasteiger partial charge in [-0.3, -0.25) is 4.79 Å². The molecule has 0 amide bonds. The van der Waals surface area contributed by atoms with Gasteiger partial charge in [0.1, 0.15) is 17.5 Å². The van der Waals surface area contributed by atoms with Crippen LogP contribution in [-0.2, 0) is 0 Å². The minimum atomic E-state index is -0.598. The second-order valence-corrected chi connectivity index (χ2v) is 4.98. The van der Waals surface area contributed by atoms with E-state index >= 15 is 0 Å². The monoisotopic (exact) mass is 319 g/mol. The molecule has 104 valence electrons. The van der Waals surface area contributed by atoms with Crippen molar-refractivity contribution < 1.29 is 9.18 Å². The molecule has 0 aromatic heterocycles. The Balaban J connectivity index is 2.45. The number of hydrogen-bond donors (Lipinski definition) is 0. The van der Waals surface area contributed by atoms with Gasteiger partial charge in [-0.2, -0.15) is 5.26 Å². The predicted molar refractivity (Wildman–Crippen MR) is 80.8 cm³/mol. The Morgan fingerprint density at radius 2 is 1.81 bits per heavy atom. The summed E-state index contributed by atoms with van der Waals surface area (Å²) in [5.74, 6) is -1.12. The Morgan fingerprint density at radius 1 is 1.14 bits per heavy atom. The zero-order valence-electron chi connectivity index (χ0n) is 10.6. The summed E-state index contributed by atoms with van der Waals surface area (Å²) in [7, 11) is 0. The minimum Gasteiger partial charge on any atom is -0.288 e. The first-order valence-corrected chi connectivity index (χ1v) is 6.64. The van der Waals surface area contributed by atoms with Gasteiger partial charge in [-0.15, -0.1) is 0 Å². The number of hydrogen-bond acceptors (Lipinski definition) is 2. The van der Waals surface area contributed by atoms with Crippen molar-refractivity contribution in [3.63, 3.8) is 0 Å². The van der Waals surface area contributed by atoms with Gasteiger partial charge in [-0.25, -0.2) is 4.39 Å². The number of Topliss-reactive ketones (excluding diaryl/α,β-unsaturated/α-hetero) is 1. The third kappa shape index (κ3) is 3.49. The summed E-state index contributed by atoms with van der Waals surface area (Å²) >= 11 is 11.6. The van der Waals surface area contributed by atoms with Gasteiger partial charge in [0.05, 0.1) is 5.02 Å². The van der Waals surface area contributed by atoms with Crippen molar-refractivity contribution >= 4 is 35.1 Å². The topological polar surface area (TPSA) is 40.9 Å². The normalized spacial score (nSPS) is 11.0. The zero-order chi connectivity index (χ0) is 15.4. The van der Waals surface area contributed by atoms with E-state index in [1.165, 1.54) is 30.3 Å². The lowest BCUT2D eigenvalue weighted by molar-refractivity contribution is 0.104. The molecule has 0 saturated heterocycles. The van der Waals surface area contributed by atoms with Gasteiger partial charge in [0.2, 0.25) is 5.78 Å². The number of carbonyl (C=O) groups is 1. The molecule has 0 fully saturated rings. The summed E-state index contributed by atoms with van der Waals surface area (Å²) in [6.45, 7) is 0. The minimum absolute atomic E-state index is 0.0121. The Bertz CT molecular complexity index is 741. The molecule has 0 atom stereocenters. The van der Waals surface area contributed by atoms with Gasteiger partial charge in [0.15, 0.2) is 0 Å². The molecular weight excluding hydrogens is 312 g/mol. The number of nitrogens with zero attached hydrogens (tertiary/aromatic N) is 1. The van der Waals surface area contributed by atoms with E-state index in [0.717, 1.165) is 6.08 Å². The van der Waals surface area contributed by atoms with Crippen LogP contribution in [0.3, 0.4) is 0 Å². The van der Waals surface area contributed by atoms with Crippen molar-refractivity contribution in [3.05, 3.63) is 75.0 Å². The van der Waals surface area contributed by atoms with E-state index < -0.39 is 11.6 Å². The van der Waals surface area contributed by atoms with Crippen molar-refractivity contribution in [2.24, 2.45) is 0 Å². The molecule has 0 aliphatic rings. The second-order valence-electron chi connectivity index (χ2n) is 4.14. The SMILES string of the molecule is N#C/C(=C\c1c(F)cccc1Cl)C(=O)c1ccc(Cl)cc1. The fraction of sp³-hybridized carbons (Fsp3) is 0. The van der Waals surface area contributed by atoms with E-state index in [2.05, 4.69) is 0 Å². The van der Waals surface area contributed by atoms with E-state index in [4.69, 9.17) is 28.5 Å². The number of allylic oxidation sites excluding steroid dienone is 1. The second kappa shape index (κ2) is 6.53. The maximum absolute atomic E-state index is 13.7. The summed E-state index contributed by atoms with van der Waals surface area (Å²) < 4.78 is 13.7. The summed E-state index contributed by atoms with van der Waals surface area (Å²) in [6.07, 6.45) is 1.15. The summed E-state index contributed by atoms with van der Waals surface area (Å²) in [5.41, 5.74) is 0.0991. The van der Waals surface area contributed by atoms with Gasteiger partial charge in [0.25, 0.3) is 0 Å². The van der Waals surface area contributed by atoms with Crippen molar-refractivity contribution in [3.8, 4) is 6.07 Å². The van der Waals surface area contributed by atoms with Crippen LogP contribution in [0.25, 0.3) is 6.08 Å². The van der Waals surface area contributed by atoms with Crippen LogP contribution in [0.15, 0.2) is 48.0 Å². The average molecular weight is 320 g/mol. The van der Waals surface area contributed by atoms with Gasteiger partial charge >= 0.3 is 0 Å².